The summed E-state index contributed by atoms with van der Waals surface area (Å²) in [6.07, 6.45) is 0.710. The van der Waals surface area contributed by atoms with Gasteiger partial charge < -0.3 is 19.7 Å². The molecule has 5 heteroatoms. The van der Waals surface area contributed by atoms with Crippen LogP contribution in [-0.4, -0.2) is 44.4 Å². The molecule has 2 aliphatic rings. The number of fused-ring (bicyclic) bond motifs is 1. The number of halogens is 1. The molecular formula is C14H19FN2O2. The average Bonchev–Trinajstić information content (AvgIpc) is 2.47. The van der Waals surface area contributed by atoms with E-state index in [9.17, 15) is 4.39 Å². The molecule has 19 heavy (non-hydrogen) atoms. The lowest BCUT2D eigenvalue weighted by molar-refractivity contribution is -0.0171. The third-order valence-corrected chi connectivity index (χ3v) is 3.76. The maximum Gasteiger partial charge on any atom is 0.189 e. The SMILES string of the molecule is Fc1ccc2c(c1CCN1CCNCC1)COCO2. The third kappa shape index (κ3) is 2.88. The lowest BCUT2D eigenvalue weighted by Gasteiger charge is -2.28. The van der Waals surface area contributed by atoms with E-state index in [0.717, 1.165) is 49.6 Å². The van der Waals surface area contributed by atoms with Crippen molar-refractivity contribution >= 4 is 0 Å². The molecule has 104 valence electrons. The second kappa shape index (κ2) is 5.86. The first kappa shape index (κ1) is 12.8. The second-order valence-electron chi connectivity index (χ2n) is 4.95. The van der Waals surface area contributed by atoms with Crippen LogP contribution in [0.2, 0.25) is 0 Å². The summed E-state index contributed by atoms with van der Waals surface area (Å²) in [5, 5.41) is 3.32. The Hall–Kier alpha value is -1.17. The van der Waals surface area contributed by atoms with Crippen molar-refractivity contribution in [2.45, 2.75) is 13.0 Å². The molecule has 0 atom stereocenters. The zero-order valence-corrected chi connectivity index (χ0v) is 11.0. The van der Waals surface area contributed by atoms with Gasteiger partial charge in [0.1, 0.15) is 11.6 Å². The first-order valence-electron chi connectivity index (χ1n) is 6.78. The molecule has 1 fully saturated rings. The van der Waals surface area contributed by atoms with Crippen molar-refractivity contribution in [2.24, 2.45) is 0 Å². The molecule has 1 saturated heterocycles. The Kier molecular flexibility index (Phi) is 3.96. The van der Waals surface area contributed by atoms with E-state index < -0.39 is 0 Å². The molecule has 0 bridgehead atoms. The monoisotopic (exact) mass is 266 g/mol. The van der Waals surface area contributed by atoms with Crippen LogP contribution in [0.4, 0.5) is 4.39 Å². The Morgan fingerprint density at radius 3 is 2.95 bits per heavy atom. The highest BCUT2D eigenvalue weighted by Crippen LogP contribution is 2.29. The molecular weight excluding hydrogens is 247 g/mol. The molecule has 0 amide bonds. The zero-order chi connectivity index (χ0) is 13.1. The molecule has 0 radical (unpaired) electrons. The maximum absolute atomic E-state index is 14.0. The summed E-state index contributed by atoms with van der Waals surface area (Å²) < 4.78 is 24.7. The van der Waals surface area contributed by atoms with Crippen molar-refractivity contribution in [3.05, 3.63) is 29.1 Å². The fourth-order valence-corrected chi connectivity index (χ4v) is 2.66. The van der Waals surface area contributed by atoms with Crippen LogP contribution >= 0.6 is 0 Å². The van der Waals surface area contributed by atoms with Crippen LogP contribution in [-0.2, 0) is 17.8 Å². The van der Waals surface area contributed by atoms with E-state index in [0.29, 0.717) is 13.0 Å². The van der Waals surface area contributed by atoms with E-state index in [1.165, 1.54) is 6.07 Å². The number of hydrogen-bond donors (Lipinski definition) is 1. The summed E-state index contributed by atoms with van der Waals surface area (Å²) in [6, 6.07) is 3.19. The quantitative estimate of drug-likeness (QED) is 0.889. The maximum atomic E-state index is 14.0. The topological polar surface area (TPSA) is 33.7 Å². The highest BCUT2D eigenvalue weighted by Gasteiger charge is 2.19. The second-order valence-corrected chi connectivity index (χ2v) is 4.95. The molecule has 0 aliphatic carbocycles. The van der Waals surface area contributed by atoms with Crippen molar-refractivity contribution in [3.63, 3.8) is 0 Å². The van der Waals surface area contributed by atoms with Gasteiger partial charge in [0, 0.05) is 38.3 Å². The van der Waals surface area contributed by atoms with Gasteiger partial charge in [0.2, 0.25) is 0 Å². The predicted molar refractivity (Wildman–Crippen MR) is 69.7 cm³/mol. The summed E-state index contributed by atoms with van der Waals surface area (Å²) in [5.41, 5.74) is 1.62. The van der Waals surface area contributed by atoms with Gasteiger partial charge in [-0.1, -0.05) is 0 Å². The molecule has 0 saturated carbocycles. The largest absolute Gasteiger partial charge is 0.467 e. The van der Waals surface area contributed by atoms with E-state index in [2.05, 4.69) is 10.2 Å². The fourth-order valence-electron chi connectivity index (χ4n) is 2.66. The lowest BCUT2D eigenvalue weighted by Crippen LogP contribution is -2.44. The smallest absolute Gasteiger partial charge is 0.189 e. The van der Waals surface area contributed by atoms with E-state index >= 15 is 0 Å². The van der Waals surface area contributed by atoms with E-state index in [-0.39, 0.29) is 12.6 Å². The summed E-state index contributed by atoms with van der Waals surface area (Å²) in [7, 11) is 0. The Labute approximate surface area is 112 Å². The van der Waals surface area contributed by atoms with Crippen molar-refractivity contribution in [1.82, 2.24) is 10.2 Å². The van der Waals surface area contributed by atoms with E-state index in [1.807, 2.05) is 0 Å². The van der Waals surface area contributed by atoms with E-state index in [1.54, 1.807) is 6.07 Å². The highest BCUT2D eigenvalue weighted by molar-refractivity contribution is 5.41. The van der Waals surface area contributed by atoms with Crippen LogP contribution in [0.15, 0.2) is 12.1 Å². The molecule has 2 heterocycles. The minimum Gasteiger partial charge on any atom is -0.467 e. The Morgan fingerprint density at radius 2 is 2.11 bits per heavy atom. The standard InChI is InChI=1S/C14H19FN2O2/c15-13-1-2-14-12(9-18-10-19-14)11(13)3-6-17-7-4-16-5-8-17/h1-2,16H,3-10H2. The van der Waals surface area contributed by atoms with Gasteiger partial charge in [0.15, 0.2) is 6.79 Å². The Bertz CT molecular complexity index is 447. The number of hydrogen-bond acceptors (Lipinski definition) is 4. The van der Waals surface area contributed by atoms with Crippen molar-refractivity contribution in [3.8, 4) is 5.75 Å². The molecule has 1 aromatic rings. The van der Waals surface area contributed by atoms with Crippen LogP contribution in [0.3, 0.4) is 0 Å². The van der Waals surface area contributed by atoms with Gasteiger partial charge in [0.25, 0.3) is 0 Å². The van der Waals surface area contributed by atoms with Gasteiger partial charge in [-0.3, -0.25) is 0 Å². The summed E-state index contributed by atoms with van der Waals surface area (Å²) in [4.78, 5) is 2.36. The minimum atomic E-state index is -0.150. The summed E-state index contributed by atoms with van der Waals surface area (Å²) >= 11 is 0. The number of nitrogens with zero attached hydrogens (tertiary/aromatic N) is 1. The normalized spacial score (nSPS) is 19.8. The summed E-state index contributed by atoms with van der Waals surface area (Å²) in [5.74, 6) is 0.617. The first-order valence-corrected chi connectivity index (χ1v) is 6.78. The van der Waals surface area contributed by atoms with Crippen LogP contribution in [0.25, 0.3) is 0 Å². The number of rotatable bonds is 3. The van der Waals surface area contributed by atoms with Crippen LogP contribution in [0.1, 0.15) is 11.1 Å². The van der Waals surface area contributed by atoms with Gasteiger partial charge in [-0.15, -0.1) is 0 Å². The minimum absolute atomic E-state index is 0.150. The van der Waals surface area contributed by atoms with Gasteiger partial charge in [-0.05, 0) is 24.1 Å². The molecule has 1 N–H and O–H groups in total. The number of nitrogens with one attached hydrogen (secondary N) is 1. The first-order chi connectivity index (χ1) is 9.34. The van der Waals surface area contributed by atoms with Crippen LogP contribution < -0.4 is 10.1 Å². The average molecular weight is 266 g/mol. The Balaban J connectivity index is 1.72. The van der Waals surface area contributed by atoms with Crippen molar-refractivity contribution in [2.75, 3.05) is 39.5 Å². The molecule has 0 unspecified atom stereocenters. The van der Waals surface area contributed by atoms with Crippen molar-refractivity contribution < 1.29 is 13.9 Å². The number of ether oxygens (including phenoxy) is 2. The van der Waals surface area contributed by atoms with Crippen LogP contribution in [0.5, 0.6) is 5.75 Å². The van der Waals surface area contributed by atoms with Gasteiger partial charge in [0.05, 0.1) is 6.61 Å². The fraction of sp³-hybridized carbons (Fsp3) is 0.571. The third-order valence-electron chi connectivity index (χ3n) is 3.76. The molecule has 3 rings (SSSR count). The summed E-state index contributed by atoms with van der Waals surface area (Å²) in [6.45, 7) is 5.69. The molecule has 1 aromatic carbocycles. The zero-order valence-electron chi connectivity index (χ0n) is 11.0. The molecule has 2 aliphatic heterocycles. The van der Waals surface area contributed by atoms with Gasteiger partial charge in [-0.2, -0.15) is 0 Å². The number of benzene rings is 1. The lowest BCUT2D eigenvalue weighted by atomic mass is 10.0. The predicted octanol–water partition coefficient (Wildman–Crippen LogP) is 1.14. The number of piperazine rings is 1. The Morgan fingerprint density at radius 1 is 1.26 bits per heavy atom. The molecule has 4 nitrogen and oxygen atoms in total. The highest BCUT2D eigenvalue weighted by atomic mass is 19.1. The molecule has 0 spiro atoms. The van der Waals surface area contributed by atoms with Gasteiger partial charge >= 0.3 is 0 Å². The van der Waals surface area contributed by atoms with Crippen LogP contribution in [0, 0.1) is 5.82 Å². The van der Waals surface area contributed by atoms with Gasteiger partial charge in [-0.25, -0.2) is 4.39 Å². The van der Waals surface area contributed by atoms with Crippen molar-refractivity contribution in [1.29, 1.82) is 0 Å². The molecule has 0 aromatic heterocycles. The van der Waals surface area contributed by atoms with E-state index in [4.69, 9.17) is 9.47 Å².